The fourth-order valence-corrected chi connectivity index (χ4v) is 2.41. The molecule has 0 bridgehead atoms. The Kier molecular flexibility index (Phi) is 5.38. The molecule has 0 spiro atoms. The number of nitrogens with one attached hydrogen (secondary N) is 2. The molecule has 3 rings (SSSR count). The summed E-state index contributed by atoms with van der Waals surface area (Å²) in [6.45, 7) is 2.05. The minimum Gasteiger partial charge on any atom is -0.465 e. The molecule has 1 unspecified atom stereocenters. The van der Waals surface area contributed by atoms with Crippen LogP contribution in [0, 0.1) is 0 Å². The van der Waals surface area contributed by atoms with E-state index in [1.165, 1.54) is 7.11 Å². The fourth-order valence-electron chi connectivity index (χ4n) is 2.41. The second-order valence-corrected chi connectivity index (χ2v) is 5.64. The van der Waals surface area contributed by atoms with Crippen molar-refractivity contribution in [3.63, 3.8) is 0 Å². The topological polar surface area (TPSA) is 89.0 Å². The Morgan fingerprint density at radius 3 is 2.50 bits per heavy atom. The van der Waals surface area contributed by atoms with Crippen LogP contribution in [0.25, 0.3) is 0 Å². The monoisotopic (exact) mass is 349 g/mol. The first-order valence-corrected chi connectivity index (χ1v) is 8.12. The summed E-state index contributed by atoms with van der Waals surface area (Å²) in [6.07, 6.45) is 1.57. The van der Waals surface area contributed by atoms with Crippen molar-refractivity contribution in [1.82, 2.24) is 15.2 Å². The molecule has 0 fully saturated rings. The van der Waals surface area contributed by atoms with Crippen molar-refractivity contribution in [2.24, 2.45) is 0 Å². The van der Waals surface area contributed by atoms with Crippen molar-refractivity contribution in [2.75, 3.05) is 17.7 Å². The minimum absolute atomic E-state index is 0.0834. The molecule has 0 aliphatic heterocycles. The Bertz CT molecular complexity index is 869. The Labute approximate surface area is 151 Å². The lowest BCUT2D eigenvalue weighted by molar-refractivity contribution is 0.0601. The van der Waals surface area contributed by atoms with Crippen molar-refractivity contribution in [1.29, 1.82) is 0 Å². The van der Waals surface area contributed by atoms with Crippen LogP contribution in [0.3, 0.4) is 0 Å². The first-order valence-electron chi connectivity index (χ1n) is 8.12. The highest BCUT2D eigenvalue weighted by Gasteiger charge is 2.08. The first-order chi connectivity index (χ1) is 12.7. The van der Waals surface area contributed by atoms with Crippen LogP contribution in [0.15, 0.2) is 60.8 Å². The molecule has 3 aromatic rings. The second kappa shape index (κ2) is 8.06. The molecule has 2 aromatic carbocycles. The van der Waals surface area contributed by atoms with Gasteiger partial charge in [0.05, 0.1) is 18.9 Å². The molecule has 0 amide bonds. The average Bonchev–Trinajstić information content (AvgIpc) is 2.69. The number of hydrogen-bond donors (Lipinski definition) is 2. The molecule has 1 atom stereocenters. The van der Waals surface area contributed by atoms with E-state index in [1.54, 1.807) is 30.5 Å². The van der Waals surface area contributed by atoms with E-state index in [0.717, 1.165) is 11.3 Å². The Morgan fingerprint density at radius 2 is 1.81 bits per heavy atom. The van der Waals surface area contributed by atoms with E-state index in [2.05, 4.69) is 37.5 Å². The van der Waals surface area contributed by atoms with Crippen molar-refractivity contribution in [3.05, 3.63) is 71.9 Å². The fraction of sp³-hybridized carbons (Fsp3) is 0.158. The molecule has 132 valence electrons. The molecular weight excluding hydrogens is 330 g/mol. The summed E-state index contributed by atoms with van der Waals surface area (Å²) in [6, 6.07) is 17.0. The van der Waals surface area contributed by atoms with Crippen LogP contribution in [0.5, 0.6) is 0 Å². The zero-order valence-corrected chi connectivity index (χ0v) is 14.5. The van der Waals surface area contributed by atoms with Gasteiger partial charge in [0.2, 0.25) is 5.95 Å². The van der Waals surface area contributed by atoms with Gasteiger partial charge in [0.15, 0.2) is 5.82 Å². The van der Waals surface area contributed by atoms with Gasteiger partial charge in [0.25, 0.3) is 0 Å². The number of carbonyl (C=O) groups excluding carboxylic acids is 1. The third-order valence-electron chi connectivity index (χ3n) is 3.78. The number of esters is 1. The number of carbonyl (C=O) groups is 1. The van der Waals surface area contributed by atoms with Crippen LogP contribution < -0.4 is 10.6 Å². The molecule has 0 aliphatic carbocycles. The summed E-state index contributed by atoms with van der Waals surface area (Å²) in [5, 5.41) is 14.3. The van der Waals surface area contributed by atoms with Crippen LogP contribution in [0.1, 0.15) is 28.9 Å². The molecule has 1 heterocycles. The quantitative estimate of drug-likeness (QED) is 0.658. The highest BCUT2D eigenvalue weighted by atomic mass is 16.5. The van der Waals surface area contributed by atoms with Gasteiger partial charge in [-0.2, -0.15) is 10.1 Å². The van der Waals surface area contributed by atoms with Crippen LogP contribution >= 0.6 is 0 Å². The third kappa shape index (κ3) is 4.32. The number of aromatic nitrogens is 3. The smallest absolute Gasteiger partial charge is 0.337 e. The second-order valence-electron chi connectivity index (χ2n) is 5.64. The lowest BCUT2D eigenvalue weighted by Gasteiger charge is -2.15. The number of nitrogens with zero attached hydrogens (tertiary/aromatic N) is 3. The molecule has 7 nitrogen and oxygen atoms in total. The highest BCUT2D eigenvalue weighted by molar-refractivity contribution is 5.89. The number of methoxy groups -OCH3 is 1. The van der Waals surface area contributed by atoms with Gasteiger partial charge in [0.1, 0.15) is 0 Å². The summed E-state index contributed by atoms with van der Waals surface area (Å²) in [4.78, 5) is 15.9. The molecule has 0 aliphatic rings. The van der Waals surface area contributed by atoms with E-state index in [0.29, 0.717) is 17.3 Å². The first kappa shape index (κ1) is 17.3. The highest BCUT2D eigenvalue weighted by Crippen LogP contribution is 2.19. The van der Waals surface area contributed by atoms with Gasteiger partial charge in [-0.05, 0) is 36.8 Å². The maximum atomic E-state index is 11.5. The Morgan fingerprint density at radius 1 is 1.08 bits per heavy atom. The van der Waals surface area contributed by atoms with Crippen LogP contribution in [0.2, 0.25) is 0 Å². The van der Waals surface area contributed by atoms with Gasteiger partial charge in [0, 0.05) is 11.7 Å². The van der Waals surface area contributed by atoms with E-state index in [-0.39, 0.29) is 12.0 Å². The summed E-state index contributed by atoms with van der Waals surface area (Å²) in [7, 11) is 1.35. The van der Waals surface area contributed by atoms with Gasteiger partial charge >= 0.3 is 5.97 Å². The predicted octanol–water partition coefficient (Wildman–Crippen LogP) is 3.57. The van der Waals surface area contributed by atoms with Crippen molar-refractivity contribution >= 4 is 23.4 Å². The number of anilines is 3. The molecular formula is C19H19N5O2. The average molecular weight is 349 g/mol. The van der Waals surface area contributed by atoms with E-state index in [4.69, 9.17) is 0 Å². The minimum atomic E-state index is -0.379. The largest absolute Gasteiger partial charge is 0.465 e. The van der Waals surface area contributed by atoms with Crippen LogP contribution in [-0.4, -0.2) is 28.3 Å². The third-order valence-corrected chi connectivity index (χ3v) is 3.78. The lowest BCUT2D eigenvalue weighted by atomic mass is 10.1. The van der Waals surface area contributed by atoms with Gasteiger partial charge in [-0.15, -0.1) is 5.10 Å². The molecule has 26 heavy (non-hydrogen) atoms. The number of benzene rings is 2. The van der Waals surface area contributed by atoms with Gasteiger partial charge in [-0.3, -0.25) is 0 Å². The van der Waals surface area contributed by atoms with Crippen molar-refractivity contribution in [3.8, 4) is 0 Å². The maximum Gasteiger partial charge on any atom is 0.337 e. The van der Waals surface area contributed by atoms with Gasteiger partial charge in [-0.25, -0.2) is 4.79 Å². The Balaban J connectivity index is 1.68. The van der Waals surface area contributed by atoms with Crippen LogP contribution in [0.4, 0.5) is 17.5 Å². The van der Waals surface area contributed by atoms with E-state index < -0.39 is 0 Å². The molecule has 0 saturated carbocycles. The van der Waals surface area contributed by atoms with E-state index in [1.807, 2.05) is 30.3 Å². The SMILES string of the molecule is COC(=O)c1ccc(Nc2nncc(NC(C)c3ccccc3)n2)cc1. The summed E-state index contributed by atoms with van der Waals surface area (Å²) in [5.74, 6) is 0.599. The van der Waals surface area contributed by atoms with Crippen molar-refractivity contribution in [2.45, 2.75) is 13.0 Å². The number of ether oxygens (including phenoxy) is 1. The summed E-state index contributed by atoms with van der Waals surface area (Å²) >= 11 is 0. The predicted molar refractivity (Wildman–Crippen MR) is 99.4 cm³/mol. The van der Waals surface area contributed by atoms with Crippen LogP contribution in [-0.2, 0) is 4.74 Å². The Hall–Kier alpha value is -3.48. The number of hydrogen-bond acceptors (Lipinski definition) is 7. The molecule has 7 heteroatoms. The van der Waals surface area contributed by atoms with Crippen molar-refractivity contribution < 1.29 is 9.53 Å². The zero-order chi connectivity index (χ0) is 18.4. The van der Waals surface area contributed by atoms with Gasteiger partial charge < -0.3 is 15.4 Å². The van der Waals surface area contributed by atoms with Gasteiger partial charge in [-0.1, -0.05) is 30.3 Å². The standard InChI is InChI=1S/C19H19N5O2/c1-13(14-6-4-3-5-7-14)21-17-12-20-24-19(23-17)22-16-10-8-15(9-11-16)18(25)26-2/h3-13H,1-2H3,(H2,21,22,23,24). The molecule has 1 aromatic heterocycles. The van der Waals surface area contributed by atoms with E-state index >= 15 is 0 Å². The van der Waals surface area contributed by atoms with E-state index in [9.17, 15) is 4.79 Å². The maximum absolute atomic E-state index is 11.5. The molecule has 0 radical (unpaired) electrons. The number of rotatable bonds is 6. The summed E-state index contributed by atoms with van der Waals surface area (Å²) in [5.41, 5.74) is 2.37. The summed E-state index contributed by atoms with van der Waals surface area (Å²) < 4.78 is 4.68. The molecule has 0 saturated heterocycles. The lowest BCUT2D eigenvalue weighted by Crippen LogP contribution is -2.10. The normalized spacial score (nSPS) is 11.5. The zero-order valence-electron chi connectivity index (χ0n) is 14.5. The molecule has 2 N–H and O–H groups in total.